The summed E-state index contributed by atoms with van der Waals surface area (Å²) in [4.78, 5) is 0.307. The van der Waals surface area contributed by atoms with E-state index in [-0.39, 0.29) is 6.04 Å². The summed E-state index contributed by atoms with van der Waals surface area (Å²) >= 11 is 0. The van der Waals surface area contributed by atoms with Gasteiger partial charge in [0, 0.05) is 25.3 Å². The third kappa shape index (κ3) is 3.59. The Labute approximate surface area is 121 Å². The van der Waals surface area contributed by atoms with E-state index in [2.05, 4.69) is 17.3 Å². The van der Waals surface area contributed by atoms with Crippen LogP contribution in [0.15, 0.2) is 17.3 Å². The van der Waals surface area contributed by atoms with Gasteiger partial charge in [-0.15, -0.1) is 0 Å². The van der Waals surface area contributed by atoms with Crippen molar-refractivity contribution in [2.45, 2.75) is 50.6 Å². The largest absolute Gasteiger partial charge is 0.315 e. The van der Waals surface area contributed by atoms with E-state index in [0.717, 1.165) is 32.4 Å². The van der Waals surface area contributed by atoms with Crippen molar-refractivity contribution in [3.63, 3.8) is 0 Å². The molecule has 0 spiro atoms. The Morgan fingerprint density at radius 1 is 1.40 bits per heavy atom. The summed E-state index contributed by atoms with van der Waals surface area (Å²) in [5.41, 5.74) is 0. The normalized spacial score (nSPS) is 15.9. The molecule has 0 aliphatic heterocycles. The minimum absolute atomic E-state index is 0.194. The molecule has 2 rings (SSSR count). The van der Waals surface area contributed by atoms with Gasteiger partial charge < -0.3 is 5.32 Å². The molecule has 6 nitrogen and oxygen atoms in total. The van der Waals surface area contributed by atoms with Crippen LogP contribution in [0.2, 0.25) is 0 Å². The van der Waals surface area contributed by atoms with Crippen LogP contribution in [0.4, 0.5) is 0 Å². The Morgan fingerprint density at radius 3 is 2.75 bits per heavy atom. The highest BCUT2D eigenvalue weighted by molar-refractivity contribution is 7.89. The molecule has 0 radical (unpaired) electrons. The van der Waals surface area contributed by atoms with Gasteiger partial charge in [-0.1, -0.05) is 13.8 Å². The maximum absolute atomic E-state index is 12.5. The molecule has 0 aromatic carbocycles. The van der Waals surface area contributed by atoms with E-state index < -0.39 is 10.0 Å². The highest BCUT2D eigenvalue weighted by atomic mass is 32.2. The first-order valence-electron chi connectivity index (χ1n) is 7.34. The van der Waals surface area contributed by atoms with E-state index in [1.807, 2.05) is 6.92 Å². The lowest BCUT2D eigenvalue weighted by molar-refractivity contribution is 0.421. The minimum Gasteiger partial charge on any atom is -0.315 e. The fraction of sp³-hybridized carbons (Fsp3) is 0.769. The van der Waals surface area contributed by atoms with Crippen LogP contribution >= 0.6 is 0 Å². The smallest absolute Gasteiger partial charge is 0.246 e. The van der Waals surface area contributed by atoms with Crippen molar-refractivity contribution in [1.82, 2.24) is 19.4 Å². The van der Waals surface area contributed by atoms with Crippen LogP contribution in [0.5, 0.6) is 0 Å². The molecule has 1 heterocycles. The molecule has 0 saturated heterocycles. The van der Waals surface area contributed by atoms with Gasteiger partial charge in [0.2, 0.25) is 10.0 Å². The van der Waals surface area contributed by atoms with E-state index in [1.54, 1.807) is 15.2 Å². The van der Waals surface area contributed by atoms with Crippen molar-refractivity contribution in [2.24, 2.45) is 0 Å². The molecule has 1 fully saturated rings. The van der Waals surface area contributed by atoms with E-state index in [4.69, 9.17) is 0 Å². The van der Waals surface area contributed by atoms with Gasteiger partial charge in [-0.3, -0.25) is 4.68 Å². The zero-order valence-corrected chi connectivity index (χ0v) is 13.1. The van der Waals surface area contributed by atoms with Crippen LogP contribution in [0.3, 0.4) is 0 Å². The van der Waals surface area contributed by atoms with Crippen LogP contribution in [0.25, 0.3) is 0 Å². The number of rotatable bonds is 9. The third-order valence-corrected chi connectivity index (χ3v) is 5.41. The van der Waals surface area contributed by atoms with Crippen molar-refractivity contribution < 1.29 is 8.42 Å². The predicted molar refractivity (Wildman–Crippen MR) is 78.0 cm³/mol. The number of aromatic nitrogens is 2. The molecule has 20 heavy (non-hydrogen) atoms. The maximum atomic E-state index is 12.5. The molecular formula is C13H24N4O2S. The van der Waals surface area contributed by atoms with Crippen molar-refractivity contribution in [2.75, 3.05) is 19.6 Å². The van der Waals surface area contributed by atoms with Crippen LogP contribution in [-0.4, -0.2) is 48.2 Å². The molecule has 1 aliphatic rings. The molecule has 1 aliphatic carbocycles. The lowest BCUT2D eigenvalue weighted by atomic mass is 10.5. The lowest BCUT2D eigenvalue weighted by Crippen LogP contribution is -2.32. The van der Waals surface area contributed by atoms with E-state index in [0.29, 0.717) is 18.0 Å². The second-order valence-electron chi connectivity index (χ2n) is 5.13. The van der Waals surface area contributed by atoms with Crippen LogP contribution in [0, 0.1) is 0 Å². The Hall–Kier alpha value is -0.920. The Balaban J connectivity index is 1.99. The first-order valence-corrected chi connectivity index (χ1v) is 8.78. The third-order valence-electron chi connectivity index (χ3n) is 3.43. The topological polar surface area (TPSA) is 67.2 Å². The molecule has 1 aromatic heterocycles. The monoisotopic (exact) mass is 300 g/mol. The number of nitrogens with zero attached hydrogens (tertiary/aromatic N) is 3. The van der Waals surface area contributed by atoms with Gasteiger partial charge >= 0.3 is 0 Å². The standard InChI is InChI=1S/C13H24N4O2S/c1-3-7-14-8-9-16-11-13(10-15-16)20(18,19)17(4-2)12-5-6-12/h10-12,14H,3-9H2,1-2H3. The fourth-order valence-corrected chi connectivity index (χ4v) is 3.87. The molecular weight excluding hydrogens is 276 g/mol. The van der Waals surface area contributed by atoms with E-state index >= 15 is 0 Å². The van der Waals surface area contributed by atoms with Gasteiger partial charge in [0.05, 0.1) is 12.7 Å². The first-order chi connectivity index (χ1) is 9.59. The average molecular weight is 300 g/mol. The zero-order valence-electron chi connectivity index (χ0n) is 12.2. The van der Waals surface area contributed by atoms with Crippen molar-refractivity contribution >= 4 is 10.0 Å². The van der Waals surface area contributed by atoms with Gasteiger partial charge in [0.1, 0.15) is 4.90 Å². The summed E-state index contributed by atoms with van der Waals surface area (Å²) in [6, 6.07) is 0.194. The number of hydrogen-bond acceptors (Lipinski definition) is 4. The lowest BCUT2D eigenvalue weighted by Gasteiger charge is -2.18. The van der Waals surface area contributed by atoms with Crippen LogP contribution < -0.4 is 5.32 Å². The van der Waals surface area contributed by atoms with Gasteiger partial charge in [-0.05, 0) is 25.8 Å². The number of nitrogens with one attached hydrogen (secondary N) is 1. The molecule has 0 atom stereocenters. The predicted octanol–water partition coefficient (Wildman–Crippen LogP) is 1.06. The van der Waals surface area contributed by atoms with Gasteiger partial charge in [0.25, 0.3) is 0 Å². The van der Waals surface area contributed by atoms with E-state index in [1.165, 1.54) is 6.20 Å². The highest BCUT2D eigenvalue weighted by Crippen LogP contribution is 2.31. The van der Waals surface area contributed by atoms with E-state index in [9.17, 15) is 8.42 Å². The quantitative estimate of drug-likeness (QED) is 0.692. The van der Waals surface area contributed by atoms with Gasteiger partial charge in [-0.2, -0.15) is 9.40 Å². The second-order valence-corrected chi connectivity index (χ2v) is 7.02. The minimum atomic E-state index is -3.37. The summed E-state index contributed by atoms with van der Waals surface area (Å²) < 4.78 is 28.3. The number of hydrogen-bond donors (Lipinski definition) is 1. The summed E-state index contributed by atoms with van der Waals surface area (Å²) in [7, 11) is -3.37. The number of sulfonamides is 1. The van der Waals surface area contributed by atoms with Crippen molar-refractivity contribution in [3.05, 3.63) is 12.4 Å². The molecule has 7 heteroatoms. The molecule has 1 aromatic rings. The van der Waals surface area contributed by atoms with Gasteiger partial charge in [-0.25, -0.2) is 8.42 Å². The molecule has 0 bridgehead atoms. The molecule has 1 N–H and O–H groups in total. The molecule has 1 saturated carbocycles. The SMILES string of the molecule is CCCNCCn1cc(S(=O)(=O)N(CC)C2CC2)cn1. The Bertz CT molecular complexity index is 522. The maximum Gasteiger partial charge on any atom is 0.246 e. The Morgan fingerprint density at radius 2 is 2.15 bits per heavy atom. The van der Waals surface area contributed by atoms with Crippen LogP contribution in [0.1, 0.15) is 33.1 Å². The molecule has 114 valence electrons. The molecule has 0 unspecified atom stereocenters. The molecule has 0 amide bonds. The fourth-order valence-electron chi connectivity index (χ4n) is 2.22. The average Bonchev–Trinajstić information content (AvgIpc) is 3.12. The first kappa shape index (κ1) is 15.5. The second kappa shape index (κ2) is 6.69. The summed E-state index contributed by atoms with van der Waals surface area (Å²) in [6.07, 6.45) is 6.13. The van der Waals surface area contributed by atoms with Crippen LogP contribution in [-0.2, 0) is 16.6 Å². The van der Waals surface area contributed by atoms with Crippen molar-refractivity contribution in [3.8, 4) is 0 Å². The Kier molecular flexibility index (Phi) is 5.17. The summed E-state index contributed by atoms with van der Waals surface area (Å²) in [6.45, 7) is 6.98. The zero-order chi connectivity index (χ0) is 14.6. The van der Waals surface area contributed by atoms with Crippen molar-refractivity contribution in [1.29, 1.82) is 0 Å². The summed E-state index contributed by atoms with van der Waals surface area (Å²) in [5, 5.41) is 7.42. The highest BCUT2D eigenvalue weighted by Gasteiger charge is 2.37. The van der Waals surface area contributed by atoms with Gasteiger partial charge in [0.15, 0.2) is 0 Å². The summed E-state index contributed by atoms with van der Waals surface area (Å²) in [5.74, 6) is 0.